The first-order chi connectivity index (χ1) is 9.52. The van der Waals surface area contributed by atoms with E-state index in [2.05, 4.69) is 9.71 Å². The van der Waals surface area contributed by atoms with Crippen molar-refractivity contribution in [2.75, 3.05) is 4.72 Å². The number of nitrogens with zero attached hydrogens (tertiary/aromatic N) is 2. The second-order valence-electron chi connectivity index (χ2n) is 4.32. The summed E-state index contributed by atoms with van der Waals surface area (Å²) >= 11 is 0. The molecule has 0 aliphatic heterocycles. The van der Waals surface area contributed by atoms with Crippen LogP contribution >= 0.6 is 0 Å². The predicted molar refractivity (Wildman–Crippen MR) is 76.4 cm³/mol. The number of sulfonamides is 1. The zero-order chi connectivity index (χ0) is 14.6. The Balaban J connectivity index is 2.25. The minimum absolute atomic E-state index is 0.238. The van der Waals surface area contributed by atoms with Crippen molar-refractivity contribution < 1.29 is 8.42 Å². The van der Waals surface area contributed by atoms with Gasteiger partial charge in [-0.05, 0) is 30.2 Å². The van der Waals surface area contributed by atoms with Crippen LogP contribution in [0.15, 0.2) is 42.7 Å². The maximum Gasteiger partial charge on any atom is 0.236 e. The van der Waals surface area contributed by atoms with Crippen LogP contribution in [0.4, 0.5) is 5.69 Å². The van der Waals surface area contributed by atoms with Crippen molar-refractivity contribution in [3.63, 3.8) is 0 Å². The van der Waals surface area contributed by atoms with Gasteiger partial charge >= 0.3 is 0 Å². The normalized spacial score (nSPS) is 10.8. The number of rotatable bonds is 4. The number of nitrogens with one attached hydrogen (secondary N) is 1. The van der Waals surface area contributed by atoms with Crippen molar-refractivity contribution in [1.82, 2.24) is 4.98 Å². The van der Waals surface area contributed by atoms with Crippen LogP contribution in [0.25, 0.3) is 0 Å². The van der Waals surface area contributed by atoms with E-state index in [0.29, 0.717) is 16.8 Å². The Hall–Kier alpha value is -2.39. The quantitative estimate of drug-likeness (QED) is 0.934. The first kappa shape index (κ1) is 14.0. The third-order valence-electron chi connectivity index (χ3n) is 2.77. The van der Waals surface area contributed by atoms with Crippen molar-refractivity contribution in [2.45, 2.75) is 12.7 Å². The Kier molecular flexibility index (Phi) is 4.01. The van der Waals surface area contributed by atoms with E-state index in [1.54, 1.807) is 43.5 Å². The van der Waals surface area contributed by atoms with Gasteiger partial charge < -0.3 is 0 Å². The van der Waals surface area contributed by atoms with E-state index in [0.717, 1.165) is 5.56 Å². The molecular weight excluding hydrogens is 274 g/mol. The van der Waals surface area contributed by atoms with Gasteiger partial charge in [-0.1, -0.05) is 18.2 Å². The van der Waals surface area contributed by atoms with Gasteiger partial charge in [0.2, 0.25) is 10.0 Å². The van der Waals surface area contributed by atoms with Crippen molar-refractivity contribution >= 4 is 15.7 Å². The van der Waals surface area contributed by atoms with Gasteiger partial charge in [0.1, 0.15) is 0 Å². The Morgan fingerprint density at radius 1 is 1.30 bits per heavy atom. The fourth-order valence-electron chi connectivity index (χ4n) is 1.75. The van der Waals surface area contributed by atoms with Gasteiger partial charge in [0, 0.05) is 12.4 Å². The number of hydrogen-bond donors (Lipinski definition) is 1. The minimum Gasteiger partial charge on any atom is -0.283 e. The summed E-state index contributed by atoms with van der Waals surface area (Å²) in [5.74, 6) is -0.238. The molecule has 0 bridgehead atoms. The van der Waals surface area contributed by atoms with E-state index in [4.69, 9.17) is 5.26 Å². The van der Waals surface area contributed by atoms with Crippen LogP contribution in [0, 0.1) is 18.3 Å². The zero-order valence-electron chi connectivity index (χ0n) is 10.9. The molecule has 0 atom stereocenters. The van der Waals surface area contributed by atoms with Gasteiger partial charge in [-0.3, -0.25) is 9.71 Å². The van der Waals surface area contributed by atoms with Crippen molar-refractivity contribution in [3.05, 3.63) is 59.4 Å². The van der Waals surface area contributed by atoms with Gasteiger partial charge in [-0.2, -0.15) is 5.26 Å². The number of pyridine rings is 1. The van der Waals surface area contributed by atoms with Gasteiger partial charge in [0.15, 0.2) is 0 Å². The van der Waals surface area contributed by atoms with E-state index in [-0.39, 0.29) is 5.75 Å². The molecule has 1 aromatic heterocycles. The molecular formula is C14H13N3O2S. The summed E-state index contributed by atoms with van der Waals surface area (Å²) in [4.78, 5) is 3.91. The summed E-state index contributed by atoms with van der Waals surface area (Å²) < 4.78 is 26.8. The average Bonchev–Trinajstić information content (AvgIpc) is 2.41. The van der Waals surface area contributed by atoms with Crippen LogP contribution in [0.2, 0.25) is 0 Å². The molecule has 0 amide bonds. The fourth-order valence-corrected chi connectivity index (χ4v) is 3.05. The Labute approximate surface area is 118 Å². The molecule has 20 heavy (non-hydrogen) atoms. The molecule has 5 nitrogen and oxygen atoms in total. The highest BCUT2D eigenvalue weighted by Gasteiger charge is 2.15. The zero-order valence-corrected chi connectivity index (χ0v) is 11.7. The monoisotopic (exact) mass is 287 g/mol. The second kappa shape index (κ2) is 5.72. The van der Waals surface area contributed by atoms with Gasteiger partial charge in [-0.15, -0.1) is 0 Å². The first-order valence-electron chi connectivity index (χ1n) is 5.91. The highest BCUT2D eigenvalue weighted by Crippen LogP contribution is 2.17. The van der Waals surface area contributed by atoms with E-state index >= 15 is 0 Å². The number of anilines is 1. The molecule has 0 spiro atoms. The van der Waals surface area contributed by atoms with Crippen LogP contribution in [0.3, 0.4) is 0 Å². The molecule has 0 fully saturated rings. The van der Waals surface area contributed by atoms with Crippen LogP contribution < -0.4 is 4.72 Å². The molecule has 0 saturated carbocycles. The Morgan fingerprint density at radius 3 is 2.75 bits per heavy atom. The highest BCUT2D eigenvalue weighted by atomic mass is 32.2. The number of aryl methyl sites for hydroxylation is 1. The first-order valence-corrected chi connectivity index (χ1v) is 7.56. The lowest BCUT2D eigenvalue weighted by Gasteiger charge is -2.10. The smallest absolute Gasteiger partial charge is 0.236 e. The Morgan fingerprint density at radius 2 is 2.05 bits per heavy atom. The van der Waals surface area contributed by atoms with Crippen LogP contribution in [0.1, 0.15) is 16.7 Å². The van der Waals surface area contributed by atoms with E-state index < -0.39 is 10.0 Å². The number of benzene rings is 1. The maximum absolute atomic E-state index is 12.1. The minimum atomic E-state index is -3.57. The molecule has 0 aliphatic rings. The molecule has 2 rings (SSSR count). The SMILES string of the molecule is Cc1cnccc1NS(=O)(=O)Cc1ccccc1C#N. The second-order valence-corrected chi connectivity index (χ2v) is 6.04. The molecule has 0 saturated heterocycles. The predicted octanol–water partition coefficient (Wildman–Crippen LogP) is 2.20. The summed E-state index contributed by atoms with van der Waals surface area (Å²) in [6, 6.07) is 10.2. The van der Waals surface area contributed by atoms with Crippen molar-refractivity contribution in [3.8, 4) is 6.07 Å². The number of aromatic nitrogens is 1. The number of nitriles is 1. The fraction of sp³-hybridized carbons (Fsp3) is 0.143. The summed E-state index contributed by atoms with van der Waals surface area (Å²) in [6.07, 6.45) is 3.11. The lowest BCUT2D eigenvalue weighted by atomic mass is 10.1. The van der Waals surface area contributed by atoms with Gasteiger partial charge in [0.25, 0.3) is 0 Å². The lowest BCUT2D eigenvalue weighted by Crippen LogP contribution is -2.16. The lowest BCUT2D eigenvalue weighted by molar-refractivity contribution is 0.600. The summed E-state index contributed by atoms with van der Waals surface area (Å²) in [5.41, 5.74) is 2.08. The molecule has 2 aromatic rings. The topological polar surface area (TPSA) is 82.8 Å². The molecule has 1 heterocycles. The third-order valence-corrected chi connectivity index (χ3v) is 3.99. The summed E-state index contributed by atoms with van der Waals surface area (Å²) in [5, 5.41) is 8.98. The standard InChI is InChI=1S/C14H13N3O2S/c1-11-9-16-7-6-14(11)17-20(18,19)10-13-5-3-2-4-12(13)8-15/h2-7,9H,10H2,1H3,(H,16,17). The van der Waals surface area contributed by atoms with Crippen LogP contribution in [-0.4, -0.2) is 13.4 Å². The van der Waals surface area contributed by atoms with Gasteiger partial charge in [-0.25, -0.2) is 8.42 Å². The molecule has 102 valence electrons. The molecule has 6 heteroatoms. The van der Waals surface area contributed by atoms with Gasteiger partial charge in [0.05, 0.1) is 23.1 Å². The molecule has 1 aromatic carbocycles. The molecule has 0 aliphatic carbocycles. The summed E-state index contributed by atoms with van der Waals surface area (Å²) in [7, 11) is -3.57. The average molecular weight is 287 g/mol. The molecule has 0 unspecified atom stereocenters. The Bertz CT molecular complexity index is 764. The molecule has 0 radical (unpaired) electrons. The highest BCUT2D eigenvalue weighted by molar-refractivity contribution is 7.91. The third kappa shape index (κ3) is 3.33. The van der Waals surface area contributed by atoms with Crippen LogP contribution in [-0.2, 0) is 15.8 Å². The van der Waals surface area contributed by atoms with Crippen molar-refractivity contribution in [2.24, 2.45) is 0 Å². The summed E-state index contributed by atoms with van der Waals surface area (Å²) in [6.45, 7) is 1.77. The largest absolute Gasteiger partial charge is 0.283 e. The van der Waals surface area contributed by atoms with E-state index in [1.165, 1.54) is 6.20 Å². The maximum atomic E-state index is 12.1. The molecule has 1 N–H and O–H groups in total. The van der Waals surface area contributed by atoms with E-state index in [1.807, 2.05) is 6.07 Å². The number of hydrogen-bond acceptors (Lipinski definition) is 4. The van der Waals surface area contributed by atoms with E-state index in [9.17, 15) is 8.42 Å². The van der Waals surface area contributed by atoms with Crippen molar-refractivity contribution in [1.29, 1.82) is 5.26 Å². The van der Waals surface area contributed by atoms with Crippen LogP contribution in [0.5, 0.6) is 0 Å².